The summed E-state index contributed by atoms with van der Waals surface area (Å²) >= 11 is 1.68. The molecule has 0 spiro atoms. The van der Waals surface area contributed by atoms with Crippen molar-refractivity contribution in [3.8, 4) is 0 Å². The molecule has 0 atom stereocenters. The highest BCUT2D eigenvalue weighted by Gasteiger charge is 2.14. The van der Waals surface area contributed by atoms with E-state index in [2.05, 4.69) is 0 Å². The molecule has 0 bridgehead atoms. The van der Waals surface area contributed by atoms with Crippen LogP contribution < -0.4 is 0 Å². The number of nitrogens with zero attached hydrogens (tertiary/aromatic N) is 1. The normalized spacial score (nSPS) is 10.0. The Morgan fingerprint density at radius 2 is 2.12 bits per heavy atom. The summed E-state index contributed by atoms with van der Waals surface area (Å²) in [5.41, 5.74) is 1.59. The van der Waals surface area contributed by atoms with Gasteiger partial charge in [-0.25, -0.2) is 0 Å². The summed E-state index contributed by atoms with van der Waals surface area (Å²) in [6.07, 6.45) is 1.99. The molecule has 0 saturated carbocycles. The Morgan fingerprint density at radius 1 is 1.41 bits per heavy atom. The van der Waals surface area contributed by atoms with Crippen molar-refractivity contribution in [2.75, 3.05) is 19.8 Å². The van der Waals surface area contributed by atoms with Crippen LogP contribution >= 0.6 is 11.8 Å². The van der Waals surface area contributed by atoms with Crippen molar-refractivity contribution >= 4 is 23.6 Å². The minimum absolute atomic E-state index is 0.268. The molecule has 1 aromatic rings. The van der Waals surface area contributed by atoms with E-state index in [4.69, 9.17) is 5.11 Å². The van der Waals surface area contributed by atoms with Crippen LogP contribution in [0.5, 0.6) is 0 Å². The standard InChI is InChI=1S/C12H15NO3S/c1-13(7-11(14)15)12(16)10-5-3-4-9(6-10)8-17-2/h3-6H,7-8H2,1-2H3,(H,14,15). The van der Waals surface area contributed by atoms with Crippen molar-refractivity contribution < 1.29 is 14.7 Å². The fourth-order valence-corrected chi connectivity index (χ4v) is 1.97. The number of carboxylic acids is 1. The van der Waals surface area contributed by atoms with Gasteiger partial charge in [-0.05, 0) is 24.0 Å². The third-order valence-electron chi connectivity index (χ3n) is 2.20. The number of carbonyl (C=O) groups is 2. The lowest BCUT2D eigenvalue weighted by atomic mass is 10.1. The van der Waals surface area contributed by atoms with Crippen LogP contribution in [0.3, 0.4) is 0 Å². The summed E-state index contributed by atoms with van der Waals surface area (Å²) in [5, 5.41) is 8.62. The molecule has 1 N–H and O–H groups in total. The SMILES string of the molecule is CSCc1cccc(C(=O)N(C)CC(=O)O)c1. The smallest absolute Gasteiger partial charge is 0.323 e. The first-order valence-electron chi connectivity index (χ1n) is 5.09. The number of carbonyl (C=O) groups excluding carboxylic acids is 1. The molecule has 0 unspecified atom stereocenters. The molecule has 1 amide bonds. The number of likely N-dealkylation sites (N-methyl/N-ethyl adjacent to an activating group) is 1. The number of aliphatic carboxylic acids is 1. The van der Waals surface area contributed by atoms with Crippen LogP contribution in [0.25, 0.3) is 0 Å². The minimum atomic E-state index is -1.01. The van der Waals surface area contributed by atoms with Gasteiger partial charge in [0.25, 0.3) is 5.91 Å². The third kappa shape index (κ3) is 4.11. The molecule has 0 fully saturated rings. The van der Waals surface area contributed by atoms with Gasteiger partial charge in [0, 0.05) is 18.4 Å². The molecular weight excluding hydrogens is 238 g/mol. The van der Waals surface area contributed by atoms with Crippen molar-refractivity contribution in [1.82, 2.24) is 4.90 Å². The maximum Gasteiger partial charge on any atom is 0.323 e. The number of benzene rings is 1. The molecule has 1 aromatic carbocycles. The molecule has 5 heteroatoms. The predicted octanol–water partition coefficient (Wildman–Crippen LogP) is 1.71. The Balaban J connectivity index is 2.81. The largest absolute Gasteiger partial charge is 0.480 e. The van der Waals surface area contributed by atoms with E-state index in [0.29, 0.717) is 5.56 Å². The Kier molecular flexibility index (Phi) is 5.03. The molecule has 0 aliphatic heterocycles. The Morgan fingerprint density at radius 3 is 2.71 bits per heavy atom. The van der Waals surface area contributed by atoms with Crippen LogP contribution in [-0.4, -0.2) is 41.7 Å². The van der Waals surface area contributed by atoms with Gasteiger partial charge in [-0.1, -0.05) is 12.1 Å². The van der Waals surface area contributed by atoms with Crippen molar-refractivity contribution in [1.29, 1.82) is 0 Å². The maximum absolute atomic E-state index is 11.9. The lowest BCUT2D eigenvalue weighted by Crippen LogP contribution is -2.31. The topological polar surface area (TPSA) is 57.6 Å². The van der Waals surface area contributed by atoms with Crippen molar-refractivity contribution in [3.63, 3.8) is 0 Å². The van der Waals surface area contributed by atoms with Gasteiger partial charge in [0.2, 0.25) is 0 Å². The predicted molar refractivity (Wildman–Crippen MR) is 68.3 cm³/mol. The van der Waals surface area contributed by atoms with E-state index in [-0.39, 0.29) is 12.5 Å². The Labute approximate surface area is 105 Å². The fraction of sp³-hybridized carbons (Fsp3) is 0.333. The van der Waals surface area contributed by atoms with E-state index in [1.165, 1.54) is 11.9 Å². The Hall–Kier alpha value is -1.49. The van der Waals surface area contributed by atoms with Crippen LogP contribution in [0, 0.1) is 0 Å². The lowest BCUT2D eigenvalue weighted by molar-refractivity contribution is -0.137. The van der Waals surface area contributed by atoms with E-state index in [0.717, 1.165) is 11.3 Å². The first kappa shape index (κ1) is 13.6. The van der Waals surface area contributed by atoms with E-state index in [1.54, 1.807) is 23.9 Å². The summed E-state index contributed by atoms with van der Waals surface area (Å²) in [5.74, 6) is -0.444. The first-order valence-corrected chi connectivity index (χ1v) is 6.49. The van der Waals surface area contributed by atoms with Gasteiger partial charge in [-0.15, -0.1) is 0 Å². The highest BCUT2D eigenvalue weighted by molar-refractivity contribution is 7.97. The zero-order chi connectivity index (χ0) is 12.8. The summed E-state index contributed by atoms with van der Waals surface area (Å²) in [6.45, 7) is -0.286. The molecule has 0 aromatic heterocycles. The summed E-state index contributed by atoms with van der Waals surface area (Å²) in [6, 6.07) is 7.26. The fourth-order valence-electron chi connectivity index (χ4n) is 1.46. The minimum Gasteiger partial charge on any atom is -0.480 e. The molecule has 0 heterocycles. The second-order valence-electron chi connectivity index (χ2n) is 3.69. The number of hydrogen-bond donors (Lipinski definition) is 1. The van der Waals surface area contributed by atoms with Crippen molar-refractivity contribution in [2.24, 2.45) is 0 Å². The molecule has 4 nitrogen and oxygen atoms in total. The second-order valence-corrected chi connectivity index (χ2v) is 4.55. The highest BCUT2D eigenvalue weighted by atomic mass is 32.2. The second kappa shape index (κ2) is 6.30. The van der Waals surface area contributed by atoms with Gasteiger partial charge in [0.1, 0.15) is 6.54 Å². The monoisotopic (exact) mass is 253 g/mol. The molecule has 0 radical (unpaired) electrons. The number of carboxylic acid groups (broad SMARTS) is 1. The summed E-state index contributed by atoms with van der Waals surface area (Å²) in [7, 11) is 1.48. The molecule has 1 rings (SSSR count). The van der Waals surface area contributed by atoms with E-state index in [1.807, 2.05) is 18.4 Å². The number of rotatable bonds is 5. The maximum atomic E-state index is 11.9. The van der Waals surface area contributed by atoms with E-state index < -0.39 is 5.97 Å². The number of hydrogen-bond acceptors (Lipinski definition) is 3. The first-order chi connectivity index (χ1) is 8.04. The van der Waals surface area contributed by atoms with Gasteiger partial charge >= 0.3 is 5.97 Å². The molecule has 92 valence electrons. The van der Waals surface area contributed by atoms with Gasteiger partial charge in [0.15, 0.2) is 0 Å². The molecule has 0 aliphatic carbocycles. The zero-order valence-electron chi connectivity index (χ0n) is 9.84. The van der Waals surface area contributed by atoms with Crippen LogP contribution in [-0.2, 0) is 10.5 Å². The summed E-state index contributed by atoms with van der Waals surface area (Å²) < 4.78 is 0. The number of thioether (sulfide) groups is 1. The van der Waals surface area contributed by atoms with Crippen LogP contribution in [0.4, 0.5) is 0 Å². The zero-order valence-corrected chi connectivity index (χ0v) is 10.7. The van der Waals surface area contributed by atoms with Gasteiger partial charge in [-0.2, -0.15) is 11.8 Å². The third-order valence-corrected chi connectivity index (χ3v) is 2.83. The van der Waals surface area contributed by atoms with Crippen LogP contribution in [0.1, 0.15) is 15.9 Å². The van der Waals surface area contributed by atoms with Crippen molar-refractivity contribution in [3.05, 3.63) is 35.4 Å². The van der Waals surface area contributed by atoms with Crippen molar-refractivity contribution in [2.45, 2.75) is 5.75 Å². The average Bonchev–Trinajstić information content (AvgIpc) is 2.28. The highest BCUT2D eigenvalue weighted by Crippen LogP contribution is 2.12. The van der Waals surface area contributed by atoms with Crippen LogP contribution in [0.15, 0.2) is 24.3 Å². The molecule has 17 heavy (non-hydrogen) atoms. The Bertz CT molecular complexity index is 420. The van der Waals surface area contributed by atoms with E-state index in [9.17, 15) is 9.59 Å². The molecule has 0 aliphatic rings. The lowest BCUT2D eigenvalue weighted by Gasteiger charge is -2.14. The quantitative estimate of drug-likeness (QED) is 0.868. The van der Waals surface area contributed by atoms with Gasteiger partial charge in [-0.3, -0.25) is 9.59 Å². The summed E-state index contributed by atoms with van der Waals surface area (Å²) in [4.78, 5) is 23.6. The van der Waals surface area contributed by atoms with Gasteiger partial charge in [0.05, 0.1) is 0 Å². The molecular formula is C12H15NO3S. The van der Waals surface area contributed by atoms with Gasteiger partial charge < -0.3 is 10.0 Å². The van der Waals surface area contributed by atoms with E-state index >= 15 is 0 Å². The molecule has 0 saturated heterocycles. The average molecular weight is 253 g/mol. The van der Waals surface area contributed by atoms with Crippen LogP contribution in [0.2, 0.25) is 0 Å². The number of amides is 1.